The van der Waals surface area contributed by atoms with Crippen molar-refractivity contribution in [2.24, 2.45) is 0 Å². The van der Waals surface area contributed by atoms with Gasteiger partial charge in [-0.25, -0.2) is 4.79 Å². The number of aromatic nitrogens is 1. The highest BCUT2D eigenvalue weighted by atomic mass is 16.5. The third kappa shape index (κ3) is 3.22. The molecule has 3 aromatic rings. The molecule has 0 radical (unpaired) electrons. The molecule has 0 spiro atoms. The number of nitrogens with zero attached hydrogens (tertiary/aromatic N) is 1. The minimum atomic E-state index is -1.15. The second-order valence-electron chi connectivity index (χ2n) is 6.92. The quantitative estimate of drug-likeness (QED) is 0.597. The Morgan fingerprint density at radius 1 is 1.17 bits per heavy atom. The van der Waals surface area contributed by atoms with Gasteiger partial charge in [0, 0.05) is 30.3 Å². The fraction of sp³-hybridized carbons (Fsp3) is 0.182. The lowest BCUT2D eigenvalue weighted by atomic mass is 9.88. The molecule has 0 saturated carbocycles. The van der Waals surface area contributed by atoms with Gasteiger partial charge in [0.15, 0.2) is 11.5 Å². The van der Waals surface area contributed by atoms with Gasteiger partial charge in [-0.05, 0) is 29.8 Å². The van der Waals surface area contributed by atoms with Gasteiger partial charge in [0.1, 0.15) is 11.3 Å². The van der Waals surface area contributed by atoms with Gasteiger partial charge in [-0.15, -0.1) is 0 Å². The summed E-state index contributed by atoms with van der Waals surface area (Å²) in [6, 6.07) is 12.1. The van der Waals surface area contributed by atoms with E-state index >= 15 is 0 Å². The number of phenolic OH excluding ortho intramolecular Hbond substituents is 1. The Morgan fingerprint density at radius 2 is 1.97 bits per heavy atom. The van der Waals surface area contributed by atoms with E-state index in [-0.39, 0.29) is 29.3 Å². The van der Waals surface area contributed by atoms with Gasteiger partial charge in [-0.2, -0.15) is 0 Å². The molecule has 1 aromatic heterocycles. The molecule has 0 unspecified atom stereocenters. The number of fused-ring (bicyclic) bond motifs is 1. The fourth-order valence-electron chi connectivity index (χ4n) is 3.80. The molecular formula is C22H20N2O6. The number of carboxylic acid groups (broad SMARTS) is 1. The monoisotopic (exact) mass is 408 g/mol. The Balaban J connectivity index is 1.95. The number of amides is 1. The lowest BCUT2D eigenvalue weighted by Crippen LogP contribution is -2.25. The van der Waals surface area contributed by atoms with Crippen molar-refractivity contribution in [2.45, 2.75) is 12.3 Å². The van der Waals surface area contributed by atoms with Gasteiger partial charge < -0.3 is 29.6 Å². The van der Waals surface area contributed by atoms with Gasteiger partial charge in [0.2, 0.25) is 5.91 Å². The Kier molecular flexibility index (Phi) is 4.83. The van der Waals surface area contributed by atoms with Crippen LogP contribution in [0, 0.1) is 0 Å². The first-order valence-electron chi connectivity index (χ1n) is 9.22. The summed E-state index contributed by atoms with van der Waals surface area (Å²) >= 11 is 0. The van der Waals surface area contributed by atoms with Crippen LogP contribution in [0.1, 0.15) is 34.0 Å². The number of hydrogen-bond donors (Lipinski definition) is 3. The van der Waals surface area contributed by atoms with Crippen molar-refractivity contribution in [3.63, 3.8) is 0 Å². The van der Waals surface area contributed by atoms with Crippen LogP contribution in [-0.2, 0) is 4.79 Å². The van der Waals surface area contributed by atoms with Crippen molar-refractivity contribution < 1.29 is 29.3 Å². The molecule has 8 nitrogen and oxygen atoms in total. The van der Waals surface area contributed by atoms with Gasteiger partial charge in [-0.1, -0.05) is 12.1 Å². The third-order valence-corrected chi connectivity index (χ3v) is 5.19. The van der Waals surface area contributed by atoms with Crippen LogP contribution < -0.4 is 14.8 Å². The first-order valence-corrected chi connectivity index (χ1v) is 9.22. The molecule has 8 heteroatoms. The maximum absolute atomic E-state index is 12.4. The van der Waals surface area contributed by atoms with Crippen LogP contribution in [0.25, 0.3) is 5.69 Å². The van der Waals surface area contributed by atoms with E-state index < -0.39 is 11.9 Å². The SMILES string of the molecule is COc1cccc(-n2cc(C(=O)O)c3c2[C@H](c2ccc(OC)c(O)c2)CC(=O)N3)c1. The zero-order chi connectivity index (χ0) is 21.4. The van der Waals surface area contributed by atoms with Crippen LogP contribution in [-0.4, -0.2) is 40.9 Å². The number of hydrogen-bond acceptors (Lipinski definition) is 5. The largest absolute Gasteiger partial charge is 0.504 e. The predicted molar refractivity (Wildman–Crippen MR) is 109 cm³/mol. The fourth-order valence-corrected chi connectivity index (χ4v) is 3.80. The molecular weight excluding hydrogens is 388 g/mol. The van der Waals surface area contributed by atoms with E-state index in [4.69, 9.17) is 9.47 Å². The van der Waals surface area contributed by atoms with E-state index in [0.29, 0.717) is 28.4 Å². The van der Waals surface area contributed by atoms with Crippen molar-refractivity contribution in [1.29, 1.82) is 0 Å². The summed E-state index contributed by atoms with van der Waals surface area (Å²) in [6.45, 7) is 0. The Morgan fingerprint density at radius 3 is 2.63 bits per heavy atom. The lowest BCUT2D eigenvalue weighted by molar-refractivity contribution is -0.116. The summed E-state index contributed by atoms with van der Waals surface area (Å²) in [5, 5.41) is 22.7. The number of nitrogens with one attached hydrogen (secondary N) is 1. The highest BCUT2D eigenvalue weighted by molar-refractivity contribution is 6.04. The molecule has 4 rings (SSSR count). The number of rotatable bonds is 5. The van der Waals surface area contributed by atoms with Gasteiger partial charge in [0.05, 0.1) is 25.6 Å². The minimum Gasteiger partial charge on any atom is -0.504 e. The summed E-state index contributed by atoms with van der Waals surface area (Å²) < 4.78 is 12.1. The molecule has 2 heterocycles. The molecule has 0 saturated heterocycles. The summed E-state index contributed by atoms with van der Waals surface area (Å²) in [4.78, 5) is 24.3. The number of carboxylic acids is 1. The van der Waals surface area contributed by atoms with Crippen LogP contribution in [0.2, 0.25) is 0 Å². The van der Waals surface area contributed by atoms with Crippen molar-refractivity contribution >= 4 is 17.6 Å². The molecule has 0 fully saturated rings. The Bertz CT molecular complexity index is 1150. The second kappa shape index (κ2) is 7.47. The molecule has 30 heavy (non-hydrogen) atoms. The maximum atomic E-state index is 12.4. The van der Waals surface area contributed by atoms with Crippen molar-refractivity contribution in [1.82, 2.24) is 4.57 Å². The van der Waals surface area contributed by atoms with E-state index in [0.717, 1.165) is 0 Å². The second-order valence-corrected chi connectivity index (χ2v) is 6.92. The number of carbonyl (C=O) groups is 2. The molecule has 3 N–H and O–H groups in total. The number of carbonyl (C=O) groups excluding carboxylic acids is 1. The Hall–Kier alpha value is -3.94. The zero-order valence-electron chi connectivity index (χ0n) is 16.4. The Labute approximate surface area is 172 Å². The van der Waals surface area contributed by atoms with Crippen molar-refractivity contribution in [2.75, 3.05) is 19.5 Å². The van der Waals surface area contributed by atoms with Gasteiger partial charge in [0.25, 0.3) is 0 Å². The van der Waals surface area contributed by atoms with Gasteiger partial charge in [-0.3, -0.25) is 4.79 Å². The lowest BCUT2D eigenvalue weighted by Gasteiger charge is -2.26. The van der Waals surface area contributed by atoms with E-state index in [9.17, 15) is 19.8 Å². The van der Waals surface area contributed by atoms with Crippen molar-refractivity contribution in [3.05, 3.63) is 65.5 Å². The molecule has 2 aromatic carbocycles. The average molecular weight is 408 g/mol. The highest BCUT2D eigenvalue weighted by Crippen LogP contribution is 2.43. The third-order valence-electron chi connectivity index (χ3n) is 5.19. The molecule has 1 atom stereocenters. The molecule has 154 valence electrons. The van der Waals surface area contributed by atoms with Gasteiger partial charge >= 0.3 is 5.97 Å². The normalized spacial score (nSPS) is 15.3. The molecule has 1 aliphatic rings. The number of aromatic carboxylic acids is 1. The molecule has 1 aliphatic heterocycles. The summed E-state index contributed by atoms with van der Waals surface area (Å²) in [6.07, 6.45) is 1.59. The van der Waals surface area contributed by atoms with Crippen LogP contribution in [0.15, 0.2) is 48.7 Å². The van der Waals surface area contributed by atoms with E-state index in [1.54, 1.807) is 42.0 Å². The van der Waals surface area contributed by atoms with Crippen LogP contribution in [0.5, 0.6) is 17.2 Å². The predicted octanol–water partition coefficient (Wildman–Crippen LogP) is 3.37. The van der Waals surface area contributed by atoms with E-state index in [1.807, 2.05) is 6.07 Å². The maximum Gasteiger partial charge on any atom is 0.339 e. The zero-order valence-corrected chi connectivity index (χ0v) is 16.4. The molecule has 0 aliphatic carbocycles. The van der Waals surface area contributed by atoms with Crippen LogP contribution in [0.3, 0.4) is 0 Å². The molecule has 1 amide bonds. The highest BCUT2D eigenvalue weighted by Gasteiger charge is 2.34. The first-order chi connectivity index (χ1) is 14.4. The standard InChI is InChI=1S/C22H20N2O6/c1-29-14-5-3-4-13(9-14)24-11-16(22(27)28)20-21(24)15(10-19(26)23-20)12-6-7-18(30-2)17(25)8-12/h3-9,11,15,25H,10H2,1-2H3,(H,23,26)(H,27,28)/t15-/m0/s1. The number of aromatic hydroxyl groups is 1. The minimum absolute atomic E-state index is 0.0106. The van der Waals surface area contributed by atoms with E-state index in [1.165, 1.54) is 19.4 Å². The number of ether oxygens (including phenoxy) is 2. The topological polar surface area (TPSA) is 110 Å². The number of phenols is 1. The smallest absolute Gasteiger partial charge is 0.339 e. The number of methoxy groups -OCH3 is 2. The summed E-state index contributed by atoms with van der Waals surface area (Å²) in [7, 11) is 3.00. The summed E-state index contributed by atoms with van der Waals surface area (Å²) in [5.41, 5.74) is 2.22. The first kappa shape index (κ1) is 19.4. The number of benzene rings is 2. The van der Waals surface area contributed by atoms with Crippen LogP contribution in [0.4, 0.5) is 5.69 Å². The average Bonchev–Trinajstić information content (AvgIpc) is 3.12. The van der Waals surface area contributed by atoms with E-state index in [2.05, 4.69) is 5.32 Å². The number of anilines is 1. The summed E-state index contributed by atoms with van der Waals surface area (Å²) in [5.74, 6) is -1.04. The van der Waals surface area contributed by atoms with Crippen LogP contribution >= 0.6 is 0 Å². The molecule has 0 bridgehead atoms. The van der Waals surface area contributed by atoms with Crippen molar-refractivity contribution in [3.8, 4) is 22.9 Å².